The van der Waals surface area contributed by atoms with Crippen LogP contribution in [0.4, 0.5) is 5.69 Å². The molecule has 0 bridgehead atoms. The van der Waals surface area contributed by atoms with Crippen molar-refractivity contribution in [2.24, 2.45) is 5.73 Å². The van der Waals surface area contributed by atoms with Gasteiger partial charge in [0.25, 0.3) is 5.91 Å². The lowest BCUT2D eigenvalue weighted by Crippen LogP contribution is -2.48. The number of nitrogens with two attached hydrogens (primary N) is 1. The second-order valence-corrected chi connectivity index (χ2v) is 6.73. The first-order valence-corrected chi connectivity index (χ1v) is 9.39. The standard InChI is InChI=1S/C22H20N6O2/c23-20(29)19(13-25-16-4-2-1-3-5-16)28-22(30)15-6-7-17-18(12-15)27-21(26-17)14-8-10-24-11-9-14/h1-12,19,25H,13H2,(H2,23,29)(H,26,27)(H,28,30)/t19-/m0/s1. The first kappa shape index (κ1) is 19.1. The van der Waals surface area contributed by atoms with Crippen LogP contribution in [0.2, 0.25) is 0 Å². The van der Waals surface area contributed by atoms with E-state index in [-0.39, 0.29) is 6.54 Å². The van der Waals surface area contributed by atoms with Gasteiger partial charge in [0.05, 0.1) is 11.0 Å². The van der Waals surface area contributed by atoms with E-state index in [2.05, 4.69) is 25.6 Å². The molecule has 1 atom stereocenters. The molecule has 0 aliphatic carbocycles. The summed E-state index contributed by atoms with van der Waals surface area (Å²) < 4.78 is 0. The average Bonchev–Trinajstić information content (AvgIpc) is 3.21. The summed E-state index contributed by atoms with van der Waals surface area (Å²) >= 11 is 0. The monoisotopic (exact) mass is 400 g/mol. The number of hydrogen-bond donors (Lipinski definition) is 4. The first-order valence-electron chi connectivity index (χ1n) is 9.39. The number of rotatable bonds is 7. The molecule has 8 heteroatoms. The third-order valence-electron chi connectivity index (χ3n) is 4.63. The molecule has 0 aliphatic heterocycles. The van der Waals surface area contributed by atoms with Crippen LogP contribution in [0, 0.1) is 0 Å². The first-order chi connectivity index (χ1) is 14.6. The van der Waals surface area contributed by atoms with E-state index in [1.165, 1.54) is 0 Å². The van der Waals surface area contributed by atoms with Gasteiger partial charge in [-0.05, 0) is 42.5 Å². The summed E-state index contributed by atoms with van der Waals surface area (Å²) in [7, 11) is 0. The number of carbonyl (C=O) groups is 2. The van der Waals surface area contributed by atoms with Crippen LogP contribution in [-0.4, -0.2) is 39.4 Å². The fourth-order valence-corrected chi connectivity index (χ4v) is 3.04. The molecular formula is C22H20N6O2. The predicted octanol–water partition coefficient (Wildman–Crippen LogP) is 2.32. The van der Waals surface area contributed by atoms with Crippen molar-refractivity contribution in [2.45, 2.75) is 6.04 Å². The van der Waals surface area contributed by atoms with Gasteiger partial charge < -0.3 is 21.4 Å². The number of benzene rings is 2. The van der Waals surface area contributed by atoms with Gasteiger partial charge in [-0.3, -0.25) is 14.6 Å². The highest BCUT2D eigenvalue weighted by Gasteiger charge is 2.19. The maximum Gasteiger partial charge on any atom is 0.252 e. The zero-order valence-corrected chi connectivity index (χ0v) is 16.0. The van der Waals surface area contributed by atoms with Gasteiger partial charge in [-0.1, -0.05) is 18.2 Å². The van der Waals surface area contributed by atoms with Gasteiger partial charge in [0.1, 0.15) is 11.9 Å². The Kier molecular flexibility index (Phi) is 5.38. The summed E-state index contributed by atoms with van der Waals surface area (Å²) in [5.41, 5.74) is 9.05. The topological polar surface area (TPSA) is 126 Å². The van der Waals surface area contributed by atoms with Gasteiger partial charge in [-0.15, -0.1) is 0 Å². The Hall–Kier alpha value is -4.20. The van der Waals surface area contributed by atoms with Crippen LogP contribution < -0.4 is 16.4 Å². The van der Waals surface area contributed by atoms with E-state index < -0.39 is 17.9 Å². The number of imidazole rings is 1. The number of aromatic nitrogens is 3. The molecule has 4 rings (SSSR count). The highest BCUT2D eigenvalue weighted by Crippen LogP contribution is 2.20. The molecule has 150 valence electrons. The Morgan fingerprint density at radius 3 is 2.53 bits per heavy atom. The van der Waals surface area contributed by atoms with Gasteiger partial charge in [0.2, 0.25) is 5.91 Å². The SMILES string of the molecule is NC(=O)[C@H](CNc1ccccc1)NC(=O)c1ccc2nc(-c3ccncc3)[nH]c2c1. The zero-order valence-electron chi connectivity index (χ0n) is 16.0. The van der Waals surface area contributed by atoms with Crippen molar-refractivity contribution in [3.63, 3.8) is 0 Å². The number of nitrogens with zero attached hydrogens (tertiary/aromatic N) is 2. The largest absolute Gasteiger partial charge is 0.382 e. The third kappa shape index (κ3) is 4.27. The Morgan fingerprint density at radius 2 is 1.80 bits per heavy atom. The second kappa shape index (κ2) is 8.44. The van der Waals surface area contributed by atoms with Crippen LogP contribution in [0.5, 0.6) is 0 Å². The van der Waals surface area contributed by atoms with Crippen LogP contribution in [0.25, 0.3) is 22.4 Å². The second-order valence-electron chi connectivity index (χ2n) is 6.73. The number of carbonyl (C=O) groups excluding carboxylic acids is 2. The van der Waals surface area contributed by atoms with E-state index in [0.29, 0.717) is 16.9 Å². The molecule has 4 aromatic rings. The van der Waals surface area contributed by atoms with Gasteiger partial charge in [0, 0.05) is 35.8 Å². The predicted molar refractivity (Wildman–Crippen MR) is 115 cm³/mol. The fraction of sp³-hybridized carbons (Fsp3) is 0.0909. The van der Waals surface area contributed by atoms with Crippen molar-refractivity contribution in [3.05, 3.63) is 78.6 Å². The van der Waals surface area contributed by atoms with Crippen LogP contribution in [0.15, 0.2) is 73.1 Å². The number of hydrogen-bond acceptors (Lipinski definition) is 5. The Labute approximate surface area is 172 Å². The maximum absolute atomic E-state index is 12.7. The summed E-state index contributed by atoms with van der Waals surface area (Å²) in [6.07, 6.45) is 3.38. The summed E-state index contributed by atoms with van der Waals surface area (Å²) in [5.74, 6) is -0.322. The minimum Gasteiger partial charge on any atom is -0.382 e. The van der Waals surface area contributed by atoms with Crippen molar-refractivity contribution >= 4 is 28.5 Å². The third-order valence-corrected chi connectivity index (χ3v) is 4.63. The Bertz CT molecular complexity index is 1170. The molecule has 0 radical (unpaired) electrons. The molecule has 0 fully saturated rings. The fourth-order valence-electron chi connectivity index (χ4n) is 3.04. The van der Waals surface area contributed by atoms with Gasteiger partial charge in [-0.25, -0.2) is 4.98 Å². The maximum atomic E-state index is 12.7. The molecule has 8 nitrogen and oxygen atoms in total. The van der Waals surface area contributed by atoms with Gasteiger partial charge >= 0.3 is 0 Å². The molecule has 0 saturated carbocycles. The van der Waals surface area contributed by atoms with E-state index in [1.54, 1.807) is 30.6 Å². The van der Waals surface area contributed by atoms with E-state index in [1.807, 2.05) is 42.5 Å². The molecule has 0 unspecified atom stereocenters. The van der Waals surface area contributed by atoms with Crippen LogP contribution >= 0.6 is 0 Å². The van der Waals surface area contributed by atoms with Crippen molar-refractivity contribution in [2.75, 3.05) is 11.9 Å². The quantitative estimate of drug-likeness (QED) is 0.379. The number of primary amides is 1. The van der Waals surface area contributed by atoms with E-state index in [4.69, 9.17) is 5.73 Å². The van der Waals surface area contributed by atoms with Crippen molar-refractivity contribution in [1.29, 1.82) is 0 Å². The van der Waals surface area contributed by atoms with Crippen molar-refractivity contribution in [3.8, 4) is 11.4 Å². The molecular weight excluding hydrogens is 380 g/mol. The van der Waals surface area contributed by atoms with Gasteiger partial charge in [0.15, 0.2) is 0 Å². The molecule has 0 aliphatic rings. The van der Waals surface area contributed by atoms with Crippen LogP contribution in [-0.2, 0) is 4.79 Å². The number of aromatic amines is 1. The van der Waals surface area contributed by atoms with E-state index in [9.17, 15) is 9.59 Å². The highest BCUT2D eigenvalue weighted by molar-refractivity contribution is 6.00. The minimum atomic E-state index is -0.859. The number of anilines is 1. The Balaban J connectivity index is 1.49. The summed E-state index contributed by atoms with van der Waals surface area (Å²) in [6.45, 7) is 0.184. The molecule has 30 heavy (non-hydrogen) atoms. The molecule has 2 aromatic carbocycles. The summed E-state index contributed by atoms with van der Waals surface area (Å²) in [4.78, 5) is 36.3. The zero-order chi connectivity index (χ0) is 20.9. The number of H-pyrrole nitrogens is 1. The lowest BCUT2D eigenvalue weighted by atomic mass is 10.1. The smallest absolute Gasteiger partial charge is 0.252 e. The van der Waals surface area contributed by atoms with E-state index >= 15 is 0 Å². The molecule has 2 heterocycles. The normalized spacial score (nSPS) is 11.7. The number of nitrogens with one attached hydrogen (secondary N) is 3. The lowest BCUT2D eigenvalue weighted by molar-refractivity contribution is -0.119. The number of fused-ring (bicyclic) bond motifs is 1. The van der Waals surface area contributed by atoms with Crippen molar-refractivity contribution < 1.29 is 9.59 Å². The number of pyridine rings is 1. The molecule has 2 aromatic heterocycles. The molecule has 2 amide bonds. The van der Waals surface area contributed by atoms with E-state index in [0.717, 1.165) is 16.8 Å². The summed E-state index contributed by atoms with van der Waals surface area (Å²) in [6, 6.07) is 17.3. The van der Waals surface area contributed by atoms with Gasteiger partial charge in [-0.2, -0.15) is 0 Å². The van der Waals surface area contributed by atoms with Crippen LogP contribution in [0.1, 0.15) is 10.4 Å². The van der Waals surface area contributed by atoms with Crippen LogP contribution in [0.3, 0.4) is 0 Å². The average molecular weight is 400 g/mol. The summed E-state index contributed by atoms with van der Waals surface area (Å²) in [5, 5.41) is 5.78. The van der Waals surface area contributed by atoms with Crippen molar-refractivity contribution in [1.82, 2.24) is 20.3 Å². The molecule has 5 N–H and O–H groups in total. The minimum absolute atomic E-state index is 0.184. The Morgan fingerprint density at radius 1 is 1.03 bits per heavy atom. The highest BCUT2D eigenvalue weighted by atomic mass is 16.2. The number of amides is 2. The molecule has 0 spiro atoms. The lowest BCUT2D eigenvalue weighted by Gasteiger charge is -2.17. The molecule has 0 saturated heterocycles. The number of para-hydroxylation sites is 1.